The highest BCUT2D eigenvalue weighted by atomic mass is 16.5. The molecule has 1 aromatic heterocycles. The van der Waals surface area contributed by atoms with Crippen molar-refractivity contribution in [3.8, 4) is 0 Å². The minimum Gasteiger partial charge on any atom is -0.381 e. The van der Waals surface area contributed by atoms with Gasteiger partial charge < -0.3 is 10.1 Å². The van der Waals surface area contributed by atoms with Crippen molar-refractivity contribution in [2.45, 2.75) is 39.7 Å². The van der Waals surface area contributed by atoms with Crippen molar-refractivity contribution in [3.63, 3.8) is 0 Å². The van der Waals surface area contributed by atoms with Gasteiger partial charge in [0.25, 0.3) is 0 Å². The Kier molecular flexibility index (Phi) is 5.08. The second kappa shape index (κ2) is 6.81. The Morgan fingerprint density at radius 3 is 3.06 bits per heavy atom. The zero-order chi connectivity index (χ0) is 12.8. The molecule has 2 heterocycles. The van der Waals surface area contributed by atoms with E-state index in [0.29, 0.717) is 5.92 Å². The molecule has 1 aliphatic rings. The van der Waals surface area contributed by atoms with Crippen molar-refractivity contribution < 1.29 is 4.74 Å². The van der Waals surface area contributed by atoms with Gasteiger partial charge in [0.15, 0.2) is 0 Å². The number of hydrogen-bond donors (Lipinski definition) is 1. The maximum Gasteiger partial charge on any atom is 0.128 e. The molecule has 1 saturated heterocycles. The van der Waals surface area contributed by atoms with Crippen molar-refractivity contribution in [2.24, 2.45) is 5.92 Å². The predicted octanol–water partition coefficient (Wildman–Crippen LogP) is 1.86. The summed E-state index contributed by atoms with van der Waals surface area (Å²) >= 11 is 0. The molecule has 0 spiro atoms. The molecule has 18 heavy (non-hydrogen) atoms. The van der Waals surface area contributed by atoms with Crippen molar-refractivity contribution >= 4 is 0 Å². The largest absolute Gasteiger partial charge is 0.381 e. The lowest BCUT2D eigenvalue weighted by molar-refractivity contribution is 0.185. The molecule has 100 valence electrons. The van der Waals surface area contributed by atoms with Gasteiger partial charge in [0.2, 0.25) is 0 Å². The van der Waals surface area contributed by atoms with Gasteiger partial charge in [0.05, 0.1) is 0 Å². The topological polar surface area (TPSA) is 47.0 Å². The van der Waals surface area contributed by atoms with E-state index in [2.05, 4.69) is 29.1 Å². The van der Waals surface area contributed by atoms with Crippen molar-refractivity contribution in [3.05, 3.63) is 23.3 Å². The van der Waals surface area contributed by atoms with Gasteiger partial charge in [0.1, 0.15) is 5.82 Å². The Balaban J connectivity index is 1.91. The van der Waals surface area contributed by atoms with Crippen LogP contribution in [0.4, 0.5) is 0 Å². The first kappa shape index (κ1) is 13.4. The molecule has 0 radical (unpaired) electrons. The van der Waals surface area contributed by atoms with E-state index in [0.717, 1.165) is 57.1 Å². The van der Waals surface area contributed by atoms with Crippen molar-refractivity contribution in [1.82, 2.24) is 15.3 Å². The molecule has 1 aliphatic heterocycles. The Bertz CT molecular complexity index is 375. The van der Waals surface area contributed by atoms with E-state index in [1.807, 2.05) is 6.20 Å². The number of nitrogens with zero attached hydrogens (tertiary/aromatic N) is 2. The maximum atomic E-state index is 5.38. The summed E-state index contributed by atoms with van der Waals surface area (Å²) in [6.07, 6.45) is 5.21. The third-order valence-electron chi connectivity index (χ3n) is 3.37. The quantitative estimate of drug-likeness (QED) is 0.782. The van der Waals surface area contributed by atoms with E-state index in [-0.39, 0.29) is 0 Å². The van der Waals surface area contributed by atoms with Gasteiger partial charge in [0, 0.05) is 43.6 Å². The molecule has 4 nitrogen and oxygen atoms in total. The average Bonchev–Trinajstić information content (AvgIpc) is 2.85. The molecule has 1 fully saturated rings. The Hall–Kier alpha value is -1.00. The van der Waals surface area contributed by atoms with Gasteiger partial charge >= 0.3 is 0 Å². The average molecular weight is 249 g/mol. The molecule has 0 aromatic carbocycles. The molecule has 1 aromatic rings. The van der Waals surface area contributed by atoms with E-state index >= 15 is 0 Å². The van der Waals surface area contributed by atoms with Crippen LogP contribution in [0.15, 0.2) is 6.20 Å². The third-order valence-corrected chi connectivity index (χ3v) is 3.37. The molecule has 0 bridgehead atoms. The summed E-state index contributed by atoms with van der Waals surface area (Å²) in [7, 11) is 0. The van der Waals surface area contributed by atoms with Crippen molar-refractivity contribution in [1.29, 1.82) is 0 Å². The molecule has 0 aliphatic carbocycles. The SMILES string of the molecule is CCCNCc1cnc(CC2CCOC2)nc1C. The minimum absolute atomic E-state index is 0.605. The Morgan fingerprint density at radius 1 is 1.50 bits per heavy atom. The fourth-order valence-corrected chi connectivity index (χ4v) is 2.21. The van der Waals surface area contributed by atoms with Gasteiger partial charge in [-0.2, -0.15) is 0 Å². The number of aryl methyl sites for hydroxylation is 1. The molecule has 0 amide bonds. The standard InChI is InChI=1S/C14H23N3O/c1-3-5-15-8-13-9-16-14(17-11(13)2)7-12-4-6-18-10-12/h9,12,15H,3-8,10H2,1-2H3. The summed E-state index contributed by atoms with van der Waals surface area (Å²) in [4.78, 5) is 9.08. The van der Waals surface area contributed by atoms with Crippen LogP contribution in [0.1, 0.15) is 36.8 Å². The van der Waals surface area contributed by atoms with Gasteiger partial charge in [-0.05, 0) is 32.2 Å². The number of rotatable bonds is 6. The zero-order valence-corrected chi connectivity index (χ0v) is 11.4. The molecular weight excluding hydrogens is 226 g/mol. The van der Waals surface area contributed by atoms with Gasteiger partial charge in [-0.25, -0.2) is 9.97 Å². The van der Waals surface area contributed by atoms with Crippen LogP contribution in [0, 0.1) is 12.8 Å². The normalized spacial score (nSPS) is 19.3. The van der Waals surface area contributed by atoms with Crippen LogP contribution >= 0.6 is 0 Å². The summed E-state index contributed by atoms with van der Waals surface area (Å²) in [6.45, 7) is 7.90. The van der Waals surface area contributed by atoms with E-state index in [4.69, 9.17) is 4.74 Å². The van der Waals surface area contributed by atoms with Gasteiger partial charge in [-0.3, -0.25) is 0 Å². The fraction of sp³-hybridized carbons (Fsp3) is 0.714. The highest BCUT2D eigenvalue weighted by Crippen LogP contribution is 2.16. The lowest BCUT2D eigenvalue weighted by Gasteiger charge is -2.10. The number of hydrogen-bond acceptors (Lipinski definition) is 4. The summed E-state index contributed by atoms with van der Waals surface area (Å²) in [6, 6.07) is 0. The summed E-state index contributed by atoms with van der Waals surface area (Å²) in [5, 5.41) is 3.38. The van der Waals surface area contributed by atoms with E-state index in [1.54, 1.807) is 0 Å². The Morgan fingerprint density at radius 2 is 2.39 bits per heavy atom. The second-order valence-corrected chi connectivity index (χ2v) is 5.01. The van der Waals surface area contributed by atoms with Crippen LogP contribution in [0.25, 0.3) is 0 Å². The predicted molar refractivity (Wildman–Crippen MR) is 71.4 cm³/mol. The smallest absolute Gasteiger partial charge is 0.128 e. The Labute approximate surface area is 109 Å². The van der Waals surface area contributed by atoms with Crippen LogP contribution in [0.5, 0.6) is 0 Å². The molecule has 1 unspecified atom stereocenters. The highest BCUT2D eigenvalue weighted by molar-refractivity contribution is 5.16. The zero-order valence-electron chi connectivity index (χ0n) is 11.4. The number of nitrogens with one attached hydrogen (secondary N) is 1. The highest BCUT2D eigenvalue weighted by Gasteiger charge is 2.17. The van der Waals surface area contributed by atoms with Crippen molar-refractivity contribution in [2.75, 3.05) is 19.8 Å². The summed E-state index contributed by atoms with van der Waals surface area (Å²) in [5.74, 6) is 1.57. The monoisotopic (exact) mass is 249 g/mol. The number of ether oxygens (including phenoxy) is 1. The van der Waals surface area contributed by atoms with Crippen LogP contribution in [0.2, 0.25) is 0 Å². The van der Waals surface area contributed by atoms with Gasteiger partial charge in [-0.1, -0.05) is 6.92 Å². The number of aromatic nitrogens is 2. The van der Waals surface area contributed by atoms with Crippen LogP contribution in [-0.2, 0) is 17.7 Å². The first-order chi connectivity index (χ1) is 8.79. The molecule has 1 atom stereocenters. The third kappa shape index (κ3) is 3.75. The van der Waals surface area contributed by atoms with Crippen LogP contribution in [0.3, 0.4) is 0 Å². The molecular formula is C14H23N3O. The first-order valence-corrected chi connectivity index (χ1v) is 6.89. The van der Waals surface area contributed by atoms with E-state index in [1.165, 1.54) is 5.56 Å². The molecule has 1 N–H and O–H groups in total. The van der Waals surface area contributed by atoms with Gasteiger partial charge in [-0.15, -0.1) is 0 Å². The lowest BCUT2D eigenvalue weighted by Crippen LogP contribution is -2.16. The molecule has 0 saturated carbocycles. The first-order valence-electron chi connectivity index (χ1n) is 6.89. The summed E-state index contributed by atoms with van der Waals surface area (Å²) < 4.78 is 5.38. The maximum absolute atomic E-state index is 5.38. The molecule has 2 rings (SSSR count). The lowest BCUT2D eigenvalue weighted by atomic mass is 10.0. The molecule has 4 heteroatoms. The van der Waals surface area contributed by atoms with E-state index < -0.39 is 0 Å². The minimum atomic E-state index is 0.605. The van der Waals surface area contributed by atoms with Crippen LogP contribution < -0.4 is 5.32 Å². The fourth-order valence-electron chi connectivity index (χ4n) is 2.21. The van der Waals surface area contributed by atoms with Crippen LogP contribution in [-0.4, -0.2) is 29.7 Å². The second-order valence-electron chi connectivity index (χ2n) is 5.01. The van der Waals surface area contributed by atoms with E-state index in [9.17, 15) is 0 Å². The summed E-state index contributed by atoms with van der Waals surface area (Å²) in [5.41, 5.74) is 2.30.